The number of aliphatic hydroxyl groups excluding tert-OH is 4. The lowest BCUT2D eigenvalue weighted by Gasteiger charge is -2.20. The van der Waals surface area contributed by atoms with Crippen molar-refractivity contribution in [3.05, 3.63) is 12.7 Å². The molecule has 0 radical (unpaired) electrons. The lowest BCUT2D eigenvalue weighted by atomic mass is 10.1. The van der Waals surface area contributed by atoms with Crippen molar-refractivity contribution in [2.45, 2.75) is 61.5 Å². The zero-order chi connectivity index (χ0) is 32.6. The van der Waals surface area contributed by atoms with Crippen LogP contribution in [0, 0.1) is 0 Å². The number of aliphatic hydroxyl groups is 4. The number of phosphoric ester groups is 2. The van der Waals surface area contributed by atoms with Gasteiger partial charge in [0.25, 0.3) is 0 Å². The molecule has 11 atom stereocenters. The van der Waals surface area contributed by atoms with E-state index in [1.165, 1.54) is 10.9 Å². The van der Waals surface area contributed by atoms with E-state index in [2.05, 4.69) is 33.6 Å². The van der Waals surface area contributed by atoms with E-state index in [0.717, 1.165) is 6.33 Å². The first-order valence-electron chi connectivity index (χ1n) is 12.4. The quantitative estimate of drug-likeness (QED) is 0.0898. The van der Waals surface area contributed by atoms with E-state index in [0.29, 0.717) is 0 Å². The maximum Gasteiger partial charge on any atom is 0.481 e. The number of hydrogen-bond donors (Lipinski definition) is 10. The highest BCUT2D eigenvalue weighted by Crippen LogP contribution is 2.60. The van der Waals surface area contributed by atoms with E-state index in [1.807, 2.05) is 0 Å². The maximum atomic E-state index is 12.4. The molecule has 1 amide bonds. The Bertz CT molecular complexity index is 1460. The molecule has 0 aliphatic carbocycles. The number of carboxylic acid groups (broad SMARTS) is 1. The Morgan fingerprint density at radius 3 is 2.18 bits per heavy atom. The van der Waals surface area contributed by atoms with E-state index in [1.54, 1.807) is 0 Å². The molecule has 2 saturated heterocycles. The molecule has 0 saturated carbocycles. The molecule has 0 spiro atoms. The third-order valence-corrected chi connectivity index (χ3v) is 9.00. The molecule has 2 aromatic heterocycles. The summed E-state index contributed by atoms with van der Waals surface area (Å²) in [4.78, 5) is 54.3. The lowest BCUT2D eigenvalue weighted by Crippen LogP contribution is -2.46. The van der Waals surface area contributed by atoms with E-state index >= 15 is 0 Å². The predicted octanol–water partition coefficient (Wildman–Crippen LogP) is -4.36. The molecule has 2 aliphatic rings. The number of fused-ring (bicyclic) bond motifs is 1. The van der Waals surface area contributed by atoms with Crippen molar-refractivity contribution < 1.29 is 76.9 Å². The molecular formula is C19H29N7O16P2. The van der Waals surface area contributed by atoms with Crippen LogP contribution in [0.25, 0.3) is 11.2 Å². The number of imidazole rings is 1. The van der Waals surface area contributed by atoms with Crippen molar-refractivity contribution in [2.24, 2.45) is 5.73 Å². The van der Waals surface area contributed by atoms with Crippen LogP contribution in [0.15, 0.2) is 12.7 Å². The fourth-order valence-electron chi connectivity index (χ4n) is 4.18. The zero-order valence-corrected chi connectivity index (χ0v) is 23.9. The first-order chi connectivity index (χ1) is 20.5. The van der Waals surface area contributed by atoms with Gasteiger partial charge in [-0.25, -0.2) is 24.1 Å². The van der Waals surface area contributed by atoms with Gasteiger partial charge in [0, 0.05) is 0 Å². The van der Waals surface area contributed by atoms with Crippen molar-refractivity contribution >= 4 is 44.5 Å². The topological polar surface area (TPSA) is 364 Å². The molecule has 2 aromatic rings. The molecule has 23 nitrogen and oxygen atoms in total. The molecule has 0 aromatic carbocycles. The van der Waals surface area contributed by atoms with Gasteiger partial charge in [-0.2, -0.15) is 4.31 Å². The van der Waals surface area contributed by atoms with E-state index in [-0.39, 0.29) is 17.0 Å². The second kappa shape index (κ2) is 13.3. The van der Waals surface area contributed by atoms with Gasteiger partial charge in [0.1, 0.15) is 54.5 Å². The third kappa shape index (κ3) is 7.73. The van der Waals surface area contributed by atoms with Gasteiger partial charge in [-0.1, -0.05) is 0 Å². The van der Waals surface area contributed by atoms with Gasteiger partial charge in [0.05, 0.1) is 26.0 Å². The number of carbonyl (C=O) groups is 2. The van der Waals surface area contributed by atoms with Crippen molar-refractivity contribution in [1.29, 1.82) is 0 Å². The average Bonchev–Trinajstić information content (AvgIpc) is 3.57. The monoisotopic (exact) mass is 673 g/mol. The van der Waals surface area contributed by atoms with Crippen LogP contribution in [0.2, 0.25) is 0 Å². The van der Waals surface area contributed by atoms with Crippen molar-refractivity contribution in [1.82, 2.24) is 24.8 Å². The van der Waals surface area contributed by atoms with Crippen LogP contribution in [-0.2, 0) is 41.6 Å². The summed E-state index contributed by atoms with van der Waals surface area (Å²) in [6, 6.07) is -1.56. The smallest absolute Gasteiger partial charge is 0.480 e. The van der Waals surface area contributed by atoms with Gasteiger partial charge in [0.2, 0.25) is 5.91 Å². The Labute approximate surface area is 245 Å². The average molecular weight is 673 g/mol. The molecule has 2 aliphatic heterocycles. The third-order valence-electron chi connectivity index (χ3n) is 6.40. The molecule has 25 heteroatoms. The van der Waals surface area contributed by atoms with Crippen molar-refractivity contribution in [3.8, 4) is 0 Å². The summed E-state index contributed by atoms with van der Waals surface area (Å²) in [6.07, 6.45) is -11.2. The Morgan fingerprint density at radius 1 is 0.977 bits per heavy atom. The summed E-state index contributed by atoms with van der Waals surface area (Å²) in [5, 5.41) is 51.9. The van der Waals surface area contributed by atoms with Crippen LogP contribution >= 0.6 is 15.6 Å². The number of carboxylic acids is 1. The fraction of sp³-hybridized carbons (Fsp3) is 0.632. The van der Waals surface area contributed by atoms with Crippen LogP contribution in [0.5, 0.6) is 0 Å². The normalized spacial score (nSPS) is 32.2. The van der Waals surface area contributed by atoms with Gasteiger partial charge < -0.3 is 61.6 Å². The van der Waals surface area contributed by atoms with Crippen LogP contribution in [0.4, 0.5) is 5.82 Å². The number of nitrogens with zero attached hydrogens (tertiary/aromatic N) is 4. The SMILES string of the molecule is Nc1ncnc2c1ncn2[C@@H]1O[C@H](COP(=O)(O)OP(=O)(O)OC[C@H]2O[C@H](NC(=O)C[C@H](N)C(=O)O)[C@H](O)[C@@H]2O)[C@@H](O)[C@H]1O. The second-order valence-electron chi connectivity index (χ2n) is 9.53. The highest BCUT2D eigenvalue weighted by Gasteiger charge is 2.48. The summed E-state index contributed by atoms with van der Waals surface area (Å²) in [6.45, 7) is -1.95. The number of rotatable bonds is 13. The second-order valence-corrected chi connectivity index (χ2v) is 12.6. The molecular weight excluding hydrogens is 644 g/mol. The summed E-state index contributed by atoms with van der Waals surface area (Å²) >= 11 is 0. The summed E-state index contributed by atoms with van der Waals surface area (Å²) in [5.41, 5.74) is 11.3. The standard InChI is InChI=1S/C19H29N7O16P2/c20-6(19(32)33)1-9(27)25-17-13(30)11(28)7(40-17)2-38-43(34,35)42-44(36,37)39-3-8-12(29)14(31)18(41-8)26-5-24-10-15(21)22-4-23-16(10)26/h4-8,11-14,17-18,28-31H,1-3,20H2,(H,25,27)(H,32,33)(H,34,35)(H,36,37)(H2,21,22,23)/t6-,7+,8+,11+,12+,13+,14+,17-,18+/m0/s1. The van der Waals surface area contributed by atoms with Crippen LogP contribution in [0.3, 0.4) is 0 Å². The summed E-state index contributed by atoms with van der Waals surface area (Å²) in [7, 11) is -10.8. The molecule has 0 bridgehead atoms. The minimum Gasteiger partial charge on any atom is -0.480 e. The fourth-order valence-corrected chi connectivity index (χ4v) is 6.27. The van der Waals surface area contributed by atoms with Crippen LogP contribution in [-0.4, -0.2) is 129 Å². The molecule has 2 unspecified atom stereocenters. The van der Waals surface area contributed by atoms with Gasteiger partial charge in [-0.3, -0.25) is 23.2 Å². The van der Waals surface area contributed by atoms with E-state index < -0.39 is 102 Å². The number of amides is 1. The van der Waals surface area contributed by atoms with Gasteiger partial charge in [-0.15, -0.1) is 0 Å². The number of phosphoric acid groups is 2. The number of hydrogen-bond acceptors (Lipinski definition) is 18. The zero-order valence-electron chi connectivity index (χ0n) is 22.1. The molecule has 44 heavy (non-hydrogen) atoms. The Morgan fingerprint density at radius 2 is 1.57 bits per heavy atom. The summed E-state index contributed by atoms with van der Waals surface area (Å²) in [5.74, 6) is -2.40. The highest BCUT2D eigenvalue weighted by molar-refractivity contribution is 7.61. The van der Waals surface area contributed by atoms with Gasteiger partial charge in [-0.05, 0) is 0 Å². The first-order valence-corrected chi connectivity index (χ1v) is 15.4. The summed E-state index contributed by atoms with van der Waals surface area (Å²) < 4.78 is 49.9. The van der Waals surface area contributed by atoms with Gasteiger partial charge >= 0.3 is 21.6 Å². The highest BCUT2D eigenvalue weighted by atomic mass is 31.3. The van der Waals surface area contributed by atoms with Gasteiger partial charge in [0.15, 0.2) is 23.9 Å². The minimum absolute atomic E-state index is 0.0330. The maximum absolute atomic E-state index is 12.4. The number of ether oxygens (including phenoxy) is 2. The van der Waals surface area contributed by atoms with E-state index in [4.69, 9.17) is 26.0 Å². The molecule has 4 heterocycles. The predicted molar refractivity (Wildman–Crippen MR) is 137 cm³/mol. The molecule has 2 fully saturated rings. The lowest BCUT2D eigenvalue weighted by molar-refractivity contribution is -0.141. The molecule has 4 rings (SSSR count). The number of carbonyl (C=O) groups excluding carboxylic acids is 1. The Kier molecular flexibility index (Phi) is 10.3. The number of nitrogens with one attached hydrogen (secondary N) is 1. The molecule has 246 valence electrons. The minimum atomic E-state index is -5.43. The number of aromatic nitrogens is 4. The Hall–Kier alpha value is -2.73. The van der Waals surface area contributed by atoms with Crippen molar-refractivity contribution in [2.75, 3.05) is 18.9 Å². The number of anilines is 1. The number of nitrogens with two attached hydrogens (primary N) is 2. The largest absolute Gasteiger partial charge is 0.481 e. The number of nitrogen functional groups attached to an aromatic ring is 1. The van der Waals surface area contributed by atoms with Crippen LogP contribution in [0.1, 0.15) is 12.6 Å². The van der Waals surface area contributed by atoms with E-state index in [9.17, 15) is 48.9 Å². The number of aliphatic carboxylic acids is 1. The van der Waals surface area contributed by atoms with Crippen molar-refractivity contribution in [3.63, 3.8) is 0 Å². The Balaban J connectivity index is 1.28. The molecule has 12 N–H and O–H groups in total. The van der Waals surface area contributed by atoms with Crippen LogP contribution < -0.4 is 16.8 Å². The first kappa shape index (κ1) is 34.1.